The Morgan fingerprint density at radius 3 is 2.81 bits per heavy atom. The molecule has 116 valence electrons. The van der Waals surface area contributed by atoms with Gasteiger partial charge in [-0.3, -0.25) is 0 Å². The number of hydrogen-bond donors (Lipinski definition) is 2. The summed E-state index contributed by atoms with van der Waals surface area (Å²) in [4.78, 5) is 15.6. The number of aliphatic hydroxyl groups is 1. The fraction of sp³-hybridized carbons (Fsp3) is 0.500. The lowest BCUT2D eigenvalue weighted by Gasteiger charge is -2.23. The zero-order valence-electron chi connectivity index (χ0n) is 12.0. The number of benzene rings is 1. The smallest absolute Gasteiger partial charge is 0.322 e. The second kappa shape index (κ2) is 6.36. The van der Waals surface area contributed by atoms with Gasteiger partial charge in [0.05, 0.1) is 18.3 Å². The molecule has 0 aliphatic carbocycles. The van der Waals surface area contributed by atoms with Gasteiger partial charge in [-0.25, -0.2) is 13.6 Å². The van der Waals surface area contributed by atoms with Crippen molar-refractivity contribution >= 4 is 11.7 Å². The number of nitrogens with zero attached hydrogens (tertiary/aromatic N) is 2. The predicted octanol–water partition coefficient (Wildman–Crippen LogP) is 1.49. The maximum Gasteiger partial charge on any atom is 0.322 e. The van der Waals surface area contributed by atoms with Crippen LogP contribution in [0.3, 0.4) is 0 Å². The first-order valence-corrected chi connectivity index (χ1v) is 6.73. The van der Waals surface area contributed by atoms with E-state index in [2.05, 4.69) is 5.32 Å². The first-order valence-electron chi connectivity index (χ1n) is 6.73. The number of aliphatic hydroxyl groups excluding tert-OH is 1. The highest BCUT2D eigenvalue weighted by Gasteiger charge is 2.36. The number of carbonyl (C=O) groups excluding carboxylic acids is 1. The summed E-state index contributed by atoms with van der Waals surface area (Å²) >= 11 is 0. The van der Waals surface area contributed by atoms with E-state index in [0.29, 0.717) is 13.0 Å². The Morgan fingerprint density at radius 1 is 1.48 bits per heavy atom. The molecule has 1 fully saturated rings. The van der Waals surface area contributed by atoms with Crippen LogP contribution in [0.25, 0.3) is 0 Å². The van der Waals surface area contributed by atoms with Crippen molar-refractivity contribution in [2.45, 2.75) is 18.5 Å². The van der Waals surface area contributed by atoms with Crippen LogP contribution < -0.4 is 5.32 Å². The van der Waals surface area contributed by atoms with E-state index in [1.807, 2.05) is 19.0 Å². The summed E-state index contributed by atoms with van der Waals surface area (Å²) in [6.07, 6.45) is 0.641. The van der Waals surface area contributed by atoms with E-state index >= 15 is 0 Å². The van der Waals surface area contributed by atoms with Gasteiger partial charge < -0.3 is 20.2 Å². The first kappa shape index (κ1) is 15.7. The Kier molecular flexibility index (Phi) is 4.74. The van der Waals surface area contributed by atoms with Gasteiger partial charge >= 0.3 is 6.03 Å². The second-order valence-electron chi connectivity index (χ2n) is 5.37. The van der Waals surface area contributed by atoms with Gasteiger partial charge in [-0.1, -0.05) is 6.07 Å². The van der Waals surface area contributed by atoms with Crippen molar-refractivity contribution in [3.63, 3.8) is 0 Å². The van der Waals surface area contributed by atoms with Crippen LogP contribution in [0, 0.1) is 11.6 Å². The Balaban J connectivity index is 2.10. The molecule has 5 nitrogen and oxygen atoms in total. The van der Waals surface area contributed by atoms with E-state index in [0.717, 1.165) is 6.07 Å². The number of anilines is 1. The molecule has 1 aromatic carbocycles. The van der Waals surface area contributed by atoms with E-state index in [1.54, 1.807) is 0 Å². The normalized spacial score (nSPS) is 21.9. The maximum absolute atomic E-state index is 13.6. The van der Waals surface area contributed by atoms with Crippen LogP contribution in [-0.4, -0.2) is 60.3 Å². The molecule has 7 heteroatoms. The minimum Gasteiger partial charge on any atom is -0.394 e. The van der Waals surface area contributed by atoms with Gasteiger partial charge in [0.1, 0.15) is 0 Å². The molecular formula is C14H19F2N3O2. The Hall–Kier alpha value is -1.73. The maximum atomic E-state index is 13.6. The highest BCUT2D eigenvalue weighted by Crippen LogP contribution is 2.23. The van der Waals surface area contributed by atoms with Crippen LogP contribution in [0.5, 0.6) is 0 Å². The Labute approximate surface area is 122 Å². The average Bonchev–Trinajstić information content (AvgIpc) is 2.88. The van der Waals surface area contributed by atoms with Gasteiger partial charge in [0.25, 0.3) is 0 Å². The number of likely N-dealkylation sites (N-methyl/N-ethyl adjacent to an activating group) is 1. The zero-order chi connectivity index (χ0) is 15.6. The number of carbonyl (C=O) groups is 1. The van der Waals surface area contributed by atoms with Crippen LogP contribution >= 0.6 is 0 Å². The molecular weight excluding hydrogens is 280 g/mol. The molecule has 1 aromatic rings. The largest absolute Gasteiger partial charge is 0.394 e. The SMILES string of the molecule is CN(C)C1CC(CO)N(C(=O)Nc2cccc(F)c2F)C1. The van der Waals surface area contributed by atoms with Gasteiger partial charge in [0.2, 0.25) is 0 Å². The van der Waals surface area contributed by atoms with E-state index in [-0.39, 0.29) is 24.4 Å². The van der Waals surface area contributed by atoms with Crippen molar-refractivity contribution in [1.29, 1.82) is 0 Å². The molecule has 1 aliphatic heterocycles. The molecule has 1 heterocycles. The standard InChI is InChI=1S/C14H19F2N3O2/c1-18(2)9-6-10(8-20)19(7-9)14(21)17-12-5-3-4-11(15)13(12)16/h3-5,9-10,20H,6-8H2,1-2H3,(H,17,21). The van der Waals surface area contributed by atoms with E-state index in [9.17, 15) is 18.7 Å². The van der Waals surface area contributed by atoms with Crippen molar-refractivity contribution in [1.82, 2.24) is 9.80 Å². The topological polar surface area (TPSA) is 55.8 Å². The predicted molar refractivity (Wildman–Crippen MR) is 75.0 cm³/mol. The van der Waals surface area contributed by atoms with Gasteiger partial charge in [0.15, 0.2) is 11.6 Å². The molecule has 2 amide bonds. The zero-order valence-corrected chi connectivity index (χ0v) is 12.0. The number of amides is 2. The minimum absolute atomic E-state index is 0.130. The lowest BCUT2D eigenvalue weighted by atomic mass is 10.2. The third kappa shape index (κ3) is 3.30. The number of nitrogens with one attached hydrogen (secondary N) is 1. The molecule has 2 unspecified atom stereocenters. The Morgan fingerprint density at radius 2 is 2.19 bits per heavy atom. The van der Waals surface area contributed by atoms with Crippen molar-refractivity contribution < 1.29 is 18.7 Å². The van der Waals surface area contributed by atoms with Gasteiger partial charge in [0, 0.05) is 12.6 Å². The molecule has 0 radical (unpaired) electrons. The fourth-order valence-electron chi connectivity index (χ4n) is 2.48. The average molecular weight is 299 g/mol. The van der Waals surface area contributed by atoms with E-state index < -0.39 is 17.7 Å². The third-order valence-electron chi connectivity index (χ3n) is 3.79. The monoisotopic (exact) mass is 299 g/mol. The van der Waals surface area contributed by atoms with Crippen LogP contribution in [0.4, 0.5) is 19.3 Å². The summed E-state index contributed by atoms with van der Waals surface area (Å²) in [6, 6.07) is 2.87. The van der Waals surface area contributed by atoms with Crippen LogP contribution in [0.2, 0.25) is 0 Å². The van der Waals surface area contributed by atoms with Gasteiger partial charge in [-0.15, -0.1) is 0 Å². The molecule has 2 rings (SSSR count). The molecule has 21 heavy (non-hydrogen) atoms. The lowest BCUT2D eigenvalue weighted by molar-refractivity contribution is 0.166. The lowest BCUT2D eigenvalue weighted by Crippen LogP contribution is -2.41. The summed E-state index contributed by atoms with van der Waals surface area (Å²) in [5.41, 5.74) is -0.204. The molecule has 0 saturated carbocycles. The van der Waals surface area contributed by atoms with E-state index in [4.69, 9.17) is 0 Å². The molecule has 1 saturated heterocycles. The summed E-state index contributed by atoms with van der Waals surface area (Å²) in [5, 5.41) is 11.7. The molecule has 0 aromatic heterocycles. The highest BCUT2D eigenvalue weighted by molar-refractivity contribution is 5.90. The molecule has 2 N–H and O–H groups in total. The summed E-state index contributed by atoms with van der Waals surface area (Å²) < 4.78 is 26.7. The van der Waals surface area contributed by atoms with Crippen LogP contribution in [0.15, 0.2) is 18.2 Å². The van der Waals surface area contributed by atoms with Crippen LogP contribution in [-0.2, 0) is 0 Å². The molecule has 2 atom stereocenters. The van der Waals surface area contributed by atoms with Crippen LogP contribution in [0.1, 0.15) is 6.42 Å². The molecule has 1 aliphatic rings. The number of urea groups is 1. The van der Waals surface area contributed by atoms with E-state index in [1.165, 1.54) is 17.0 Å². The summed E-state index contributed by atoms with van der Waals surface area (Å²) in [6.45, 7) is 0.268. The first-order chi connectivity index (χ1) is 9.93. The van der Waals surface area contributed by atoms with Crippen molar-refractivity contribution in [2.24, 2.45) is 0 Å². The van der Waals surface area contributed by atoms with Crippen molar-refractivity contribution in [3.8, 4) is 0 Å². The molecule has 0 spiro atoms. The fourth-order valence-corrected chi connectivity index (χ4v) is 2.48. The minimum atomic E-state index is -1.09. The second-order valence-corrected chi connectivity index (χ2v) is 5.37. The van der Waals surface area contributed by atoms with Crippen molar-refractivity contribution in [2.75, 3.05) is 32.6 Å². The quantitative estimate of drug-likeness (QED) is 0.889. The van der Waals surface area contributed by atoms with Gasteiger partial charge in [-0.05, 0) is 32.6 Å². The summed E-state index contributed by atoms with van der Waals surface area (Å²) in [5.74, 6) is -2.10. The number of likely N-dealkylation sites (tertiary alicyclic amines) is 1. The molecule has 0 bridgehead atoms. The van der Waals surface area contributed by atoms with Gasteiger partial charge in [-0.2, -0.15) is 0 Å². The van der Waals surface area contributed by atoms with Crippen molar-refractivity contribution in [3.05, 3.63) is 29.8 Å². The summed E-state index contributed by atoms with van der Waals surface area (Å²) in [7, 11) is 3.79. The number of hydrogen-bond acceptors (Lipinski definition) is 3. The number of halogens is 2. The highest BCUT2D eigenvalue weighted by atomic mass is 19.2. The Bertz CT molecular complexity index is 525. The third-order valence-corrected chi connectivity index (χ3v) is 3.79. The number of rotatable bonds is 3.